The van der Waals surface area contributed by atoms with Gasteiger partial charge in [-0.1, -0.05) is 0 Å². The van der Waals surface area contributed by atoms with E-state index < -0.39 is 18.9 Å². The molecule has 6 heteroatoms. The van der Waals surface area contributed by atoms with E-state index in [9.17, 15) is 13.6 Å². The van der Waals surface area contributed by atoms with Crippen LogP contribution in [0.4, 0.5) is 14.5 Å². The van der Waals surface area contributed by atoms with Gasteiger partial charge in [-0.05, 0) is 13.0 Å². The van der Waals surface area contributed by atoms with Crippen LogP contribution in [0.1, 0.15) is 17.3 Å². The highest BCUT2D eigenvalue weighted by Gasteiger charge is 2.12. The first-order valence-corrected chi connectivity index (χ1v) is 4.89. The zero-order valence-electron chi connectivity index (χ0n) is 8.84. The maximum atomic E-state index is 11.9. The molecule has 1 rings (SSSR count). The van der Waals surface area contributed by atoms with E-state index in [0.717, 1.165) is 0 Å². The van der Waals surface area contributed by atoms with E-state index in [4.69, 9.17) is 0 Å². The van der Waals surface area contributed by atoms with Crippen molar-refractivity contribution in [2.24, 2.45) is 0 Å². The second-order valence-corrected chi connectivity index (χ2v) is 3.05. The molecule has 0 bridgehead atoms. The van der Waals surface area contributed by atoms with Crippen molar-refractivity contribution < 1.29 is 13.6 Å². The van der Waals surface area contributed by atoms with Gasteiger partial charge in [-0.25, -0.2) is 8.78 Å². The first-order valence-electron chi connectivity index (χ1n) is 4.89. The Morgan fingerprint density at radius 3 is 2.94 bits per heavy atom. The smallest absolute Gasteiger partial charge is 0.255 e. The monoisotopic (exact) mass is 229 g/mol. The van der Waals surface area contributed by atoms with Crippen LogP contribution in [-0.4, -0.2) is 30.4 Å². The largest absolute Gasteiger partial charge is 0.383 e. The number of amides is 1. The van der Waals surface area contributed by atoms with E-state index in [1.165, 1.54) is 18.5 Å². The molecule has 0 aliphatic rings. The van der Waals surface area contributed by atoms with Gasteiger partial charge in [0.25, 0.3) is 12.3 Å². The van der Waals surface area contributed by atoms with Gasteiger partial charge in [0, 0.05) is 12.7 Å². The van der Waals surface area contributed by atoms with Gasteiger partial charge in [0.2, 0.25) is 0 Å². The van der Waals surface area contributed by atoms with Gasteiger partial charge in [-0.2, -0.15) is 0 Å². The lowest BCUT2D eigenvalue weighted by atomic mass is 10.2. The van der Waals surface area contributed by atoms with Crippen LogP contribution in [0.25, 0.3) is 0 Å². The molecule has 1 aromatic heterocycles. The molecule has 1 aromatic rings. The number of hydrogen-bond donors (Lipinski definition) is 2. The minimum atomic E-state index is -2.55. The highest BCUT2D eigenvalue weighted by Crippen LogP contribution is 2.12. The standard InChI is InChI=1S/C10H13F2N3O/c1-2-14-8-5-13-4-3-7(8)10(16)15-6-9(11)12/h3-5,9,14H,2,6H2,1H3,(H,15,16). The number of rotatable bonds is 5. The highest BCUT2D eigenvalue weighted by atomic mass is 19.3. The quantitative estimate of drug-likeness (QED) is 0.804. The average Bonchev–Trinajstić information content (AvgIpc) is 2.27. The third-order valence-electron chi connectivity index (χ3n) is 1.85. The summed E-state index contributed by atoms with van der Waals surface area (Å²) in [6.45, 7) is 1.85. The Labute approximate surface area is 92.1 Å². The van der Waals surface area contributed by atoms with Crippen molar-refractivity contribution >= 4 is 11.6 Å². The number of nitrogens with zero attached hydrogens (tertiary/aromatic N) is 1. The molecule has 0 fully saturated rings. The molecule has 0 aliphatic carbocycles. The van der Waals surface area contributed by atoms with Crippen molar-refractivity contribution in [1.82, 2.24) is 10.3 Å². The van der Waals surface area contributed by atoms with Crippen LogP contribution in [0.3, 0.4) is 0 Å². The highest BCUT2D eigenvalue weighted by molar-refractivity contribution is 5.99. The van der Waals surface area contributed by atoms with Crippen molar-refractivity contribution in [1.29, 1.82) is 0 Å². The Hall–Kier alpha value is -1.72. The summed E-state index contributed by atoms with van der Waals surface area (Å²) >= 11 is 0. The summed E-state index contributed by atoms with van der Waals surface area (Å²) in [6, 6.07) is 1.48. The second-order valence-electron chi connectivity index (χ2n) is 3.05. The number of anilines is 1. The Bertz CT molecular complexity index is 358. The third-order valence-corrected chi connectivity index (χ3v) is 1.85. The molecule has 1 amide bonds. The topological polar surface area (TPSA) is 54.0 Å². The summed E-state index contributed by atoms with van der Waals surface area (Å²) in [6.07, 6.45) is 0.382. The normalized spacial score (nSPS) is 10.2. The number of aromatic nitrogens is 1. The number of carbonyl (C=O) groups excluding carboxylic acids is 1. The summed E-state index contributed by atoms with van der Waals surface area (Å²) in [7, 11) is 0. The number of alkyl halides is 2. The number of nitrogens with one attached hydrogen (secondary N) is 2. The van der Waals surface area contributed by atoms with Crippen LogP contribution in [0.15, 0.2) is 18.5 Å². The molecule has 16 heavy (non-hydrogen) atoms. The summed E-state index contributed by atoms with van der Waals surface area (Å²) < 4.78 is 23.8. The van der Waals surface area contributed by atoms with Gasteiger partial charge in [0.15, 0.2) is 0 Å². The molecule has 0 atom stereocenters. The van der Waals surface area contributed by atoms with Crippen LogP contribution in [0, 0.1) is 0 Å². The fourth-order valence-electron chi connectivity index (χ4n) is 1.19. The summed E-state index contributed by atoms with van der Waals surface area (Å²) in [5.41, 5.74) is 0.856. The maximum absolute atomic E-state index is 11.9. The molecule has 0 radical (unpaired) electrons. The molecule has 0 aromatic carbocycles. The zero-order valence-corrected chi connectivity index (χ0v) is 8.84. The molecule has 0 saturated heterocycles. The molecule has 0 aliphatic heterocycles. The molecule has 88 valence electrons. The van der Waals surface area contributed by atoms with E-state index in [0.29, 0.717) is 17.8 Å². The maximum Gasteiger partial charge on any atom is 0.255 e. The minimum Gasteiger partial charge on any atom is -0.383 e. The lowest BCUT2D eigenvalue weighted by molar-refractivity contribution is 0.0892. The Balaban J connectivity index is 2.73. The molecule has 1 heterocycles. The number of carbonyl (C=O) groups is 1. The van der Waals surface area contributed by atoms with Crippen LogP contribution < -0.4 is 10.6 Å². The Morgan fingerprint density at radius 1 is 1.56 bits per heavy atom. The van der Waals surface area contributed by atoms with E-state index in [-0.39, 0.29) is 0 Å². The van der Waals surface area contributed by atoms with E-state index in [1.807, 2.05) is 6.92 Å². The number of hydrogen-bond acceptors (Lipinski definition) is 3. The van der Waals surface area contributed by atoms with Crippen LogP contribution >= 0.6 is 0 Å². The molecular formula is C10H13F2N3O. The fraction of sp³-hybridized carbons (Fsp3) is 0.400. The van der Waals surface area contributed by atoms with Gasteiger partial charge in [0.05, 0.1) is 24.0 Å². The Kier molecular flexibility index (Phi) is 4.63. The molecule has 0 spiro atoms. The summed E-state index contributed by atoms with van der Waals surface area (Å²) in [4.78, 5) is 15.4. The predicted octanol–water partition coefficient (Wildman–Crippen LogP) is 1.51. The molecule has 0 saturated carbocycles. The minimum absolute atomic E-state index is 0.317. The van der Waals surface area contributed by atoms with Gasteiger partial charge >= 0.3 is 0 Å². The molecule has 0 unspecified atom stereocenters. The number of halogens is 2. The van der Waals surface area contributed by atoms with Crippen molar-refractivity contribution in [3.8, 4) is 0 Å². The summed E-state index contributed by atoms with van der Waals surface area (Å²) in [5, 5.41) is 5.07. The SMILES string of the molecule is CCNc1cnccc1C(=O)NCC(F)F. The van der Waals surface area contributed by atoms with Crippen molar-refractivity contribution in [2.45, 2.75) is 13.3 Å². The third kappa shape index (κ3) is 3.45. The van der Waals surface area contributed by atoms with Gasteiger partial charge in [0.1, 0.15) is 0 Å². The van der Waals surface area contributed by atoms with E-state index >= 15 is 0 Å². The van der Waals surface area contributed by atoms with Crippen molar-refractivity contribution in [3.05, 3.63) is 24.0 Å². The average molecular weight is 229 g/mol. The van der Waals surface area contributed by atoms with Crippen molar-refractivity contribution in [2.75, 3.05) is 18.4 Å². The van der Waals surface area contributed by atoms with Crippen LogP contribution in [0.2, 0.25) is 0 Å². The zero-order chi connectivity index (χ0) is 12.0. The van der Waals surface area contributed by atoms with Crippen molar-refractivity contribution in [3.63, 3.8) is 0 Å². The first-order chi connectivity index (χ1) is 7.65. The van der Waals surface area contributed by atoms with E-state index in [2.05, 4.69) is 15.6 Å². The molecular weight excluding hydrogens is 216 g/mol. The first kappa shape index (κ1) is 12.4. The lowest BCUT2D eigenvalue weighted by Gasteiger charge is -2.09. The number of pyridine rings is 1. The Morgan fingerprint density at radius 2 is 2.31 bits per heavy atom. The summed E-state index contributed by atoms with van der Waals surface area (Å²) in [5.74, 6) is -0.529. The van der Waals surface area contributed by atoms with Crippen LogP contribution in [-0.2, 0) is 0 Å². The molecule has 2 N–H and O–H groups in total. The van der Waals surface area contributed by atoms with Gasteiger partial charge in [-0.3, -0.25) is 9.78 Å². The second kappa shape index (κ2) is 5.99. The van der Waals surface area contributed by atoms with Crippen LogP contribution in [0.5, 0.6) is 0 Å². The van der Waals surface area contributed by atoms with Gasteiger partial charge in [-0.15, -0.1) is 0 Å². The van der Waals surface area contributed by atoms with E-state index in [1.54, 1.807) is 0 Å². The molecule has 4 nitrogen and oxygen atoms in total. The fourth-order valence-corrected chi connectivity index (χ4v) is 1.19. The lowest BCUT2D eigenvalue weighted by Crippen LogP contribution is -2.29. The van der Waals surface area contributed by atoms with Gasteiger partial charge < -0.3 is 10.6 Å². The predicted molar refractivity (Wildman–Crippen MR) is 56.7 cm³/mol.